The highest BCUT2D eigenvalue weighted by Crippen LogP contribution is 2.27. The molecule has 20 heavy (non-hydrogen) atoms. The molecular weight excluding hydrogens is 274 g/mol. The highest BCUT2D eigenvalue weighted by Gasteiger charge is 2.21. The largest absolute Gasteiger partial charge is 0.378 e. The number of nitrogens with zero attached hydrogens (tertiary/aromatic N) is 2. The molecule has 0 saturated carbocycles. The van der Waals surface area contributed by atoms with Crippen LogP contribution in [-0.4, -0.2) is 32.3 Å². The number of halogens is 1. The van der Waals surface area contributed by atoms with Gasteiger partial charge < -0.3 is 15.4 Å². The Morgan fingerprint density at radius 3 is 2.80 bits per heavy atom. The zero-order valence-electron chi connectivity index (χ0n) is 11.5. The maximum Gasteiger partial charge on any atom is 0.101 e. The molecule has 1 fully saturated rings. The van der Waals surface area contributed by atoms with Crippen LogP contribution in [0.1, 0.15) is 24.8 Å². The van der Waals surface area contributed by atoms with Crippen LogP contribution in [0.2, 0.25) is 5.02 Å². The molecule has 1 saturated heterocycles. The van der Waals surface area contributed by atoms with E-state index in [9.17, 15) is 5.26 Å². The fourth-order valence-corrected chi connectivity index (χ4v) is 2.62. The maximum atomic E-state index is 9.18. The maximum absolute atomic E-state index is 9.18. The van der Waals surface area contributed by atoms with Crippen molar-refractivity contribution in [2.45, 2.75) is 25.4 Å². The summed E-state index contributed by atoms with van der Waals surface area (Å²) in [5.74, 6) is 0. The number of benzene rings is 1. The third-order valence-electron chi connectivity index (χ3n) is 3.56. The summed E-state index contributed by atoms with van der Waals surface area (Å²) in [5.41, 5.74) is 7.07. The summed E-state index contributed by atoms with van der Waals surface area (Å²) in [6, 6.07) is 7.63. The Balaban J connectivity index is 1.94. The van der Waals surface area contributed by atoms with Crippen LogP contribution in [-0.2, 0) is 4.74 Å². The van der Waals surface area contributed by atoms with Crippen molar-refractivity contribution in [2.24, 2.45) is 5.73 Å². The summed E-state index contributed by atoms with van der Waals surface area (Å²) >= 11 is 6.03. The van der Waals surface area contributed by atoms with E-state index in [-0.39, 0.29) is 0 Å². The number of ether oxygens (including phenoxy) is 1. The molecular formula is C15H20ClN3O. The number of piperidine rings is 1. The molecule has 2 rings (SSSR count). The molecule has 1 aromatic carbocycles. The Hall–Kier alpha value is -1.28. The van der Waals surface area contributed by atoms with E-state index in [0.717, 1.165) is 44.6 Å². The minimum atomic E-state index is 0.308. The first-order valence-electron chi connectivity index (χ1n) is 7.01. The van der Waals surface area contributed by atoms with Gasteiger partial charge in [0.25, 0.3) is 0 Å². The molecule has 2 N–H and O–H groups in total. The number of nitrogens with two attached hydrogens (primary N) is 1. The first-order valence-corrected chi connectivity index (χ1v) is 7.38. The van der Waals surface area contributed by atoms with E-state index >= 15 is 0 Å². The summed E-state index contributed by atoms with van der Waals surface area (Å²) in [7, 11) is 0. The second-order valence-corrected chi connectivity index (χ2v) is 5.41. The molecule has 0 atom stereocenters. The van der Waals surface area contributed by atoms with E-state index in [1.807, 2.05) is 6.07 Å². The van der Waals surface area contributed by atoms with Gasteiger partial charge in [-0.3, -0.25) is 0 Å². The third-order valence-corrected chi connectivity index (χ3v) is 3.80. The van der Waals surface area contributed by atoms with Gasteiger partial charge in [-0.1, -0.05) is 11.6 Å². The van der Waals surface area contributed by atoms with Gasteiger partial charge in [-0.25, -0.2) is 0 Å². The fraction of sp³-hybridized carbons (Fsp3) is 0.533. The predicted molar refractivity (Wildman–Crippen MR) is 81.0 cm³/mol. The molecule has 4 nitrogen and oxygen atoms in total. The average molecular weight is 294 g/mol. The van der Waals surface area contributed by atoms with Crippen LogP contribution in [0.3, 0.4) is 0 Å². The molecule has 1 aliphatic heterocycles. The van der Waals surface area contributed by atoms with E-state index in [4.69, 9.17) is 22.1 Å². The van der Waals surface area contributed by atoms with Gasteiger partial charge in [0.15, 0.2) is 0 Å². The zero-order chi connectivity index (χ0) is 14.4. The van der Waals surface area contributed by atoms with Crippen molar-refractivity contribution in [1.29, 1.82) is 5.26 Å². The normalized spacial score (nSPS) is 16.1. The molecule has 1 aromatic rings. The van der Waals surface area contributed by atoms with Crippen molar-refractivity contribution in [1.82, 2.24) is 0 Å². The monoisotopic (exact) mass is 293 g/mol. The van der Waals surface area contributed by atoms with Crippen LogP contribution in [0.4, 0.5) is 5.69 Å². The number of nitriles is 1. The molecule has 0 radical (unpaired) electrons. The smallest absolute Gasteiger partial charge is 0.101 e. The highest BCUT2D eigenvalue weighted by atomic mass is 35.5. The van der Waals surface area contributed by atoms with Crippen molar-refractivity contribution in [3.05, 3.63) is 28.8 Å². The Morgan fingerprint density at radius 1 is 1.40 bits per heavy atom. The molecule has 0 aliphatic carbocycles. The molecule has 5 heteroatoms. The van der Waals surface area contributed by atoms with Crippen molar-refractivity contribution >= 4 is 17.3 Å². The topological polar surface area (TPSA) is 62.3 Å². The van der Waals surface area contributed by atoms with E-state index < -0.39 is 0 Å². The second kappa shape index (κ2) is 7.49. The Kier molecular flexibility index (Phi) is 5.66. The number of rotatable bonds is 5. The van der Waals surface area contributed by atoms with Crippen molar-refractivity contribution in [2.75, 3.05) is 31.1 Å². The van der Waals surface area contributed by atoms with E-state index in [1.165, 1.54) is 0 Å². The lowest BCUT2D eigenvalue weighted by Crippen LogP contribution is -2.37. The SMILES string of the molecule is N#Cc1ccc(Cl)cc1N1CCC(OCCCN)CC1. The van der Waals surface area contributed by atoms with Crippen LogP contribution in [0.5, 0.6) is 0 Å². The molecule has 0 bridgehead atoms. The van der Waals surface area contributed by atoms with Crippen LogP contribution in [0.25, 0.3) is 0 Å². The molecule has 0 unspecified atom stereocenters. The second-order valence-electron chi connectivity index (χ2n) is 4.97. The number of hydrogen-bond acceptors (Lipinski definition) is 4. The van der Waals surface area contributed by atoms with Gasteiger partial charge in [0, 0.05) is 24.7 Å². The van der Waals surface area contributed by atoms with E-state index in [2.05, 4.69) is 11.0 Å². The van der Waals surface area contributed by atoms with Gasteiger partial charge in [-0.05, 0) is 44.0 Å². The summed E-state index contributed by atoms with van der Waals surface area (Å²) < 4.78 is 5.79. The van der Waals surface area contributed by atoms with Crippen molar-refractivity contribution in [3.8, 4) is 6.07 Å². The van der Waals surface area contributed by atoms with Crippen LogP contribution >= 0.6 is 11.6 Å². The quantitative estimate of drug-likeness (QED) is 0.848. The standard InChI is InChI=1S/C15H20ClN3O/c16-13-3-2-12(11-18)15(10-13)19-7-4-14(5-8-19)20-9-1-6-17/h2-3,10,14H,1,4-9,17H2. The average Bonchev–Trinajstić information content (AvgIpc) is 2.48. The van der Waals surface area contributed by atoms with Gasteiger partial charge in [-0.15, -0.1) is 0 Å². The minimum Gasteiger partial charge on any atom is -0.378 e. The van der Waals surface area contributed by atoms with Gasteiger partial charge in [0.2, 0.25) is 0 Å². The third kappa shape index (κ3) is 3.86. The van der Waals surface area contributed by atoms with E-state index in [1.54, 1.807) is 12.1 Å². The summed E-state index contributed by atoms with van der Waals surface area (Å²) in [6.07, 6.45) is 3.17. The number of hydrogen-bond donors (Lipinski definition) is 1. The highest BCUT2D eigenvalue weighted by molar-refractivity contribution is 6.30. The van der Waals surface area contributed by atoms with Gasteiger partial charge in [0.1, 0.15) is 6.07 Å². The summed E-state index contributed by atoms with van der Waals surface area (Å²) in [4.78, 5) is 2.22. The zero-order valence-corrected chi connectivity index (χ0v) is 12.3. The van der Waals surface area contributed by atoms with Crippen molar-refractivity contribution in [3.63, 3.8) is 0 Å². The predicted octanol–water partition coefficient (Wildman–Crippen LogP) is 2.55. The van der Waals surface area contributed by atoms with Crippen LogP contribution in [0, 0.1) is 11.3 Å². The minimum absolute atomic E-state index is 0.308. The fourth-order valence-electron chi connectivity index (χ4n) is 2.46. The van der Waals surface area contributed by atoms with Gasteiger partial charge in [0.05, 0.1) is 17.4 Å². The lowest BCUT2D eigenvalue weighted by molar-refractivity contribution is 0.0366. The number of anilines is 1. The van der Waals surface area contributed by atoms with Gasteiger partial charge >= 0.3 is 0 Å². The first-order chi connectivity index (χ1) is 9.74. The first kappa shape index (κ1) is 15.1. The summed E-state index contributed by atoms with van der Waals surface area (Å²) in [5, 5.41) is 9.85. The van der Waals surface area contributed by atoms with Crippen LogP contribution < -0.4 is 10.6 Å². The molecule has 1 aliphatic rings. The van der Waals surface area contributed by atoms with Crippen LogP contribution in [0.15, 0.2) is 18.2 Å². The lowest BCUT2D eigenvalue weighted by atomic mass is 10.1. The molecule has 0 amide bonds. The lowest BCUT2D eigenvalue weighted by Gasteiger charge is -2.34. The summed E-state index contributed by atoms with van der Waals surface area (Å²) in [6.45, 7) is 3.19. The molecule has 0 aromatic heterocycles. The molecule has 1 heterocycles. The molecule has 0 spiro atoms. The molecule has 108 valence electrons. The van der Waals surface area contributed by atoms with Crippen molar-refractivity contribution < 1.29 is 4.74 Å². The Labute approximate surface area is 125 Å². The Morgan fingerprint density at radius 2 is 2.15 bits per heavy atom. The van der Waals surface area contributed by atoms with E-state index in [0.29, 0.717) is 23.2 Å². The van der Waals surface area contributed by atoms with Gasteiger partial charge in [-0.2, -0.15) is 5.26 Å². The Bertz CT molecular complexity index is 478.